The first kappa shape index (κ1) is 14.1. The summed E-state index contributed by atoms with van der Waals surface area (Å²) in [4.78, 5) is 10.8. The van der Waals surface area contributed by atoms with Crippen LogP contribution in [0.3, 0.4) is 0 Å². The van der Waals surface area contributed by atoms with Gasteiger partial charge in [0.2, 0.25) is 0 Å². The molecule has 21 heavy (non-hydrogen) atoms. The lowest BCUT2D eigenvalue weighted by Crippen LogP contribution is -2.02. The summed E-state index contributed by atoms with van der Waals surface area (Å²) >= 11 is 9.41. The maximum Gasteiger partial charge on any atom is 0.275 e. The van der Waals surface area contributed by atoms with Crippen molar-refractivity contribution in [3.63, 3.8) is 0 Å². The van der Waals surface area contributed by atoms with Gasteiger partial charge in [0.25, 0.3) is 5.69 Å². The van der Waals surface area contributed by atoms with Crippen LogP contribution in [0.2, 0.25) is 5.02 Å². The van der Waals surface area contributed by atoms with Gasteiger partial charge in [-0.15, -0.1) is 0 Å². The van der Waals surface area contributed by atoms with Crippen molar-refractivity contribution in [2.75, 3.05) is 0 Å². The minimum atomic E-state index is -0.362. The second-order valence-electron chi connectivity index (χ2n) is 4.65. The zero-order valence-electron chi connectivity index (χ0n) is 10.8. The van der Waals surface area contributed by atoms with E-state index < -0.39 is 0 Å². The molecule has 0 unspecified atom stereocenters. The molecular weight excluding hydrogens is 356 g/mol. The Morgan fingerprint density at radius 3 is 2.81 bits per heavy atom. The summed E-state index contributed by atoms with van der Waals surface area (Å²) in [6, 6.07) is 12.7. The number of halogens is 2. The molecule has 0 N–H and O–H groups in total. The molecule has 0 saturated heterocycles. The van der Waals surface area contributed by atoms with E-state index in [4.69, 9.17) is 11.6 Å². The minimum absolute atomic E-state index is 0.105. The van der Waals surface area contributed by atoms with Gasteiger partial charge in [-0.25, -0.2) is 0 Å². The van der Waals surface area contributed by atoms with Crippen molar-refractivity contribution in [2.45, 2.75) is 6.54 Å². The van der Waals surface area contributed by atoms with Crippen LogP contribution in [0, 0.1) is 10.1 Å². The summed E-state index contributed by atoms with van der Waals surface area (Å²) in [6.45, 7) is 0.424. The smallest absolute Gasteiger partial charge is 0.275 e. The first-order valence-corrected chi connectivity index (χ1v) is 7.39. The van der Waals surface area contributed by atoms with Crippen molar-refractivity contribution in [2.24, 2.45) is 0 Å². The first-order chi connectivity index (χ1) is 10.1. The molecule has 0 spiro atoms. The highest BCUT2D eigenvalue weighted by atomic mass is 79.9. The third-order valence-electron chi connectivity index (χ3n) is 3.35. The van der Waals surface area contributed by atoms with Crippen molar-refractivity contribution in [1.82, 2.24) is 4.57 Å². The summed E-state index contributed by atoms with van der Waals surface area (Å²) in [7, 11) is 0. The highest BCUT2D eigenvalue weighted by molar-refractivity contribution is 9.10. The van der Waals surface area contributed by atoms with Crippen molar-refractivity contribution in [3.05, 3.63) is 73.8 Å². The molecule has 3 aromatic rings. The van der Waals surface area contributed by atoms with E-state index in [1.807, 2.05) is 35.0 Å². The third-order valence-corrected chi connectivity index (χ3v) is 4.17. The van der Waals surface area contributed by atoms with Gasteiger partial charge >= 0.3 is 0 Å². The fourth-order valence-corrected chi connectivity index (χ4v) is 2.93. The van der Waals surface area contributed by atoms with Crippen molar-refractivity contribution in [1.29, 1.82) is 0 Å². The average Bonchev–Trinajstić information content (AvgIpc) is 2.85. The Bertz CT molecular complexity index is 845. The van der Waals surface area contributed by atoms with Crippen LogP contribution in [0.25, 0.3) is 10.9 Å². The molecule has 2 aromatic carbocycles. The summed E-state index contributed by atoms with van der Waals surface area (Å²) in [5.41, 5.74) is 1.72. The number of hydrogen-bond donors (Lipinski definition) is 0. The Balaban J connectivity index is 2.07. The van der Waals surface area contributed by atoms with Crippen LogP contribution < -0.4 is 0 Å². The lowest BCUT2D eigenvalue weighted by molar-refractivity contribution is -0.385. The minimum Gasteiger partial charge on any atom is -0.343 e. The molecule has 106 valence electrons. The largest absolute Gasteiger partial charge is 0.343 e. The number of nitrogens with zero attached hydrogens (tertiary/aromatic N) is 2. The second kappa shape index (κ2) is 5.50. The van der Waals surface area contributed by atoms with Gasteiger partial charge in [0.05, 0.1) is 11.5 Å². The van der Waals surface area contributed by atoms with E-state index >= 15 is 0 Å². The maximum absolute atomic E-state index is 11.2. The molecule has 0 saturated carbocycles. The lowest BCUT2D eigenvalue weighted by atomic mass is 10.2. The molecule has 3 rings (SSSR count). The Hall–Kier alpha value is -1.85. The number of aromatic nitrogens is 1. The summed E-state index contributed by atoms with van der Waals surface area (Å²) < 4.78 is 2.65. The van der Waals surface area contributed by atoms with Crippen LogP contribution in [0.5, 0.6) is 0 Å². The van der Waals surface area contributed by atoms with Crippen molar-refractivity contribution >= 4 is 44.1 Å². The Kier molecular flexibility index (Phi) is 3.69. The van der Waals surface area contributed by atoms with E-state index in [9.17, 15) is 10.1 Å². The van der Waals surface area contributed by atoms with Gasteiger partial charge in [0, 0.05) is 38.2 Å². The second-order valence-corrected chi connectivity index (χ2v) is 5.97. The highest BCUT2D eigenvalue weighted by Gasteiger charge is 2.15. The standard InChI is InChI=1S/C15H10BrClN2O2/c16-11-5-4-10(15(8-11)19(20)21)9-18-7-6-12-13(17)2-1-3-14(12)18/h1-8H,9H2. The maximum atomic E-state index is 11.2. The molecule has 1 aromatic heterocycles. The summed E-state index contributed by atoms with van der Waals surface area (Å²) in [5.74, 6) is 0. The lowest BCUT2D eigenvalue weighted by Gasteiger charge is -2.07. The third kappa shape index (κ3) is 2.66. The van der Waals surface area contributed by atoms with Crippen LogP contribution in [0.15, 0.2) is 53.1 Å². The molecule has 0 fully saturated rings. The molecule has 0 aliphatic rings. The number of nitro benzene ring substituents is 1. The van der Waals surface area contributed by atoms with E-state index in [1.54, 1.807) is 12.1 Å². The predicted octanol–water partition coefficient (Wildman–Crippen LogP) is 5.01. The number of fused-ring (bicyclic) bond motifs is 1. The quantitative estimate of drug-likeness (QED) is 0.483. The topological polar surface area (TPSA) is 48.1 Å². The number of hydrogen-bond acceptors (Lipinski definition) is 2. The summed E-state index contributed by atoms with van der Waals surface area (Å²) in [5, 5.41) is 12.8. The van der Waals surface area contributed by atoms with Crippen molar-refractivity contribution in [3.8, 4) is 0 Å². The predicted molar refractivity (Wildman–Crippen MR) is 86.8 cm³/mol. The van der Waals surface area contributed by atoms with Gasteiger partial charge in [0.15, 0.2) is 0 Å². The van der Waals surface area contributed by atoms with E-state index in [-0.39, 0.29) is 10.6 Å². The SMILES string of the molecule is O=[N+]([O-])c1cc(Br)ccc1Cn1ccc2c(Cl)cccc21. The molecule has 6 heteroatoms. The van der Waals surface area contributed by atoms with Crippen LogP contribution in [0.1, 0.15) is 5.56 Å². The molecule has 0 bridgehead atoms. The average molecular weight is 366 g/mol. The monoisotopic (exact) mass is 364 g/mol. The number of rotatable bonds is 3. The van der Waals surface area contributed by atoms with Crippen LogP contribution in [-0.4, -0.2) is 9.49 Å². The zero-order chi connectivity index (χ0) is 15.0. The molecule has 0 aliphatic carbocycles. The molecule has 4 nitrogen and oxygen atoms in total. The van der Waals surface area contributed by atoms with Gasteiger partial charge < -0.3 is 4.57 Å². The fraction of sp³-hybridized carbons (Fsp3) is 0.0667. The Morgan fingerprint density at radius 2 is 2.05 bits per heavy atom. The van der Waals surface area contributed by atoms with E-state index in [2.05, 4.69) is 15.9 Å². The fourth-order valence-electron chi connectivity index (χ4n) is 2.35. The summed E-state index contributed by atoms with van der Waals surface area (Å²) in [6.07, 6.45) is 1.89. The first-order valence-electron chi connectivity index (χ1n) is 6.22. The Labute approximate surface area is 134 Å². The van der Waals surface area contributed by atoms with Gasteiger partial charge in [0.1, 0.15) is 0 Å². The van der Waals surface area contributed by atoms with Crippen LogP contribution >= 0.6 is 27.5 Å². The van der Waals surface area contributed by atoms with Crippen LogP contribution in [-0.2, 0) is 6.54 Å². The van der Waals surface area contributed by atoms with E-state index in [1.165, 1.54) is 6.07 Å². The molecule has 0 atom stereocenters. The van der Waals surface area contributed by atoms with Gasteiger partial charge in [-0.1, -0.05) is 33.6 Å². The van der Waals surface area contributed by atoms with Gasteiger partial charge in [-0.3, -0.25) is 10.1 Å². The van der Waals surface area contributed by atoms with Crippen molar-refractivity contribution < 1.29 is 4.92 Å². The molecule has 0 radical (unpaired) electrons. The van der Waals surface area contributed by atoms with E-state index in [0.717, 1.165) is 10.9 Å². The Morgan fingerprint density at radius 1 is 1.24 bits per heavy atom. The highest BCUT2D eigenvalue weighted by Crippen LogP contribution is 2.28. The molecular formula is C15H10BrClN2O2. The van der Waals surface area contributed by atoms with E-state index in [0.29, 0.717) is 21.6 Å². The number of nitro groups is 1. The van der Waals surface area contributed by atoms with Gasteiger partial charge in [-0.2, -0.15) is 0 Å². The normalized spacial score (nSPS) is 11.0. The molecule has 0 amide bonds. The van der Waals surface area contributed by atoms with Crippen LogP contribution in [0.4, 0.5) is 5.69 Å². The number of benzene rings is 2. The zero-order valence-corrected chi connectivity index (χ0v) is 13.1. The molecule has 1 heterocycles. The van der Waals surface area contributed by atoms with Gasteiger partial charge in [-0.05, 0) is 30.3 Å². The molecule has 0 aliphatic heterocycles.